The monoisotopic (exact) mass is 314 g/mol. The molecule has 0 aromatic heterocycles. The van der Waals surface area contributed by atoms with Gasteiger partial charge < -0.3 is 10.6 Å². The second-order valence-electron chi connectivity index (χ2n) is 4.52. The highest BCUT2D eigenvalue weighted by Gasteiger charge is 2.16. The standard InChI is InChI=1S/C13H16BrFN2O/c14-12-10(4-1-5-11(12)15)13(18)17-8-9-3-2-6-16-7-9/h1,4-5,9,16H,2-3,6-8H2,(H,17,18). The molecule has 1 saturated heterocycles. The average Bonchev–Trinajstić information content (AvgIpc) is 2.40. The molecule has 1 aliphatic heterocycles. The van der Waals surface area contributed by atoms with Gasteiger partial charge >= 0.3 is 0 Å². The molecule has 0 radical (unpaired) electrons. The Morgan fingerprint density at radius 3 is 3.11 bits per heavy atom. The summed E-state index contributed by atoms with van der Waals surface area (Å²) < 4.78 is 13.5. The lowest BCUT2D eigenvalue weighted by molar-refractivity contribution is 0.0943. The van der Waals surface area contributed by atoms with Crippen molar-refractivity contribution in [2.24, 2.45) is 5.92 Å². The van der Waals surface area contributed by atoms with Crippen LogP contribution >= 0.6 is 15.9 Å². The number of piperidine rings is 1. The molecule has 1 unspecified atom stereocenters. The summed E-state index contributed by atoms with van der Waals surface area (Å²) in [6.45, 7) is 2.62. The highest BCUT2D eigenvalue weighted by atomic mass is 79.9. The van der Waals surface area contributed by atoms with Crippen molar-refractivity contribution in [3.63, 3.8) is 0 Å². The molecule has 98 valence electrons. The van der Waals surface area contributed by atoms with Gasteiger partial charge in [-0.25, -0.2) is 4.39 Å². The Hall–Kier alpha value is -0.940. The topological polar surface area (TPSA) is 41.1 Å². The summed E-state index contributed by atoms with van der Waals surface area (Å²) in [5.74, 6) is -0.177. The number of nitrogens with one attached hydrogen (secondary N) is 2. The summed E-state index contributed by atoms with van der Waals surface area (Å²) in [6, 6.07) is 4.48. The van der Waals surface area contributed by atoms with Gasteiger partial charge in [-0.3, -0.25) is 4.79 Å². The van der Waals surface area contributed by atoms with Crippen molar-refractivity contribution in [2.75, 3.05) is 19.6 Å². The molecule has 1 atom stereocenters. The molecule has 1 aromatic carbocycles. The van der Waals surface area contributed by atoms with E-state index in [-0.39, 0.29) is 10.4 Å². The van der Waals surface area contributed by atoms with Crippen LogP contribution in [0.15, 0.2) is 22.7 Å². The Bertz CT molecular complexity index is 433. The molecule has 1 fully saturated rings. The maximum atomic E-state index is 13.3. The first kappa shape index (κ1) is 13.5. The molecule has 3 nitrogen and oxygen atoms in total. The summed E-state index contributed by atoms with van der Waals surface area (Å²) in [4.78, 5) is 11.9. The number of hydrogen-bond acceptors (Lipinski definition) is 2. The van der Waals surface area contributed by atoms with Gasteiger partial charge in [0.2, 0.25) is 0 Å². The zero-order chi connectivity index (χ0) is 13.0. The van der Waals surface area contributed by atoms with Crippen LogP contribution in [-0.4, -0.2) is 25.5 Å². The minimum atomic E-state index is -0.415. The van der Waals surface area contributed by atoms with E-state index in [1.165, 1.54) is 12.1 Å². The molecule has 0 bridgehead atoms. The number of rotatable bonds is 3. The summed E-state index contributed by atoms with van der Waals surface area (Å²) in [7, 11) is 0. The highest BCUT2D eigenvalue weighted by molar-refractivity contribution is 9.10. The van der Waals surface area contributed by atoms with Crippen LogP contribution in [0.1, 0.15) is 23.2 Å². The lowest BCUT2D eigenvalue weighted by atomic mass is 10.00. The molecule has 1 aliphatic rings. The lowest BCUT2D eigenvalue weighted by Gasteiger charge is -2.22. The van der Waals surface area contributed by atoms with Crippen LogP contribution in [0.2, 0.25) is 0 Å². The summed E-state index contributed by atoms with van der Waals surface area (Å²) in [6.07, 6.45) is 2.27. The highest BCUT2D eigenvalue weighted by Crippen LogP contribution is 2.20. The molecule has 2 N–H and O–H groups in total. The molecular weight excluding hydrogens is 299 g/mol. The second-order valence-corrected chi connectivity index (χ2v) is 5.32. The van der Waals surface area contributed by atoms with Gasteiger partial charge in [0.05, 0.1) is 10.0 Å². The van der Waals surface area contributed by atoms with E-state index in [9.17, 15) is 9.18 Å². The van der Waals surface area contributed by atoms with Crippen LogP contribution < -0.4 is 10.6 Å². The van der Waals surface area contributed by atoms with E-state index in [0.717, 1.165) is 25.9 Å². The Balaban J connectivity index is 1.93. The number of benzene rings is 1. The van der Waals surface area contributed by atoms with Crippen molar-refractivity contribution in [3.05, 3.63) is 34.1 Å². The number of carbonyl (C=O) groups excluding carboxylic acids is 1. The Morgan fingerprint density at radius 2 is 2.39 bits per heavy atom. The van der Waals surface area contributed by atoms with Gasteiger partial charge in [0.1, 0.15) is 5.82 Å². The Labute approximate surface area is 114 Å². The quantitative estimate of drug-likeness (QED) is 0.899. The van der Waals surface area contributed by atoms with E-state index < -0.39 is 5.82 Å². The fourth-order valence-corrected chi connectivity index (χ4v) is 2.55. The summed E-state index contributed by atoms with van der Waals surface area (Å²) >= 11 is 3.10. The molecule has 5 heteroatoms. The minimum absolute atomic E-state index is 0.226. The number of halogens is 2. The summed E-state index contributed by atoms with van der Waals surface area (Å²) in [5, 5.41) is 6.16. The van der Waals surface area contributed by atoms with E-state index in [2.05, 4.69) is 26.6 Å². The first-order valence-corrected chi connectivity index (χ1v) is 6.90. The molecule has 18 heavy (non-hydrogen) atoms. The van der Waals surface area contributed by atoms with Crippen molar-refractivity contribution < 1.29 is 9.18 Å². The van der Waals surface area contributed by atoms with Gasteiger partial charge in [-0.2, -0.15) is 0 Å². The Morgan fingerprint density at radius 1 is 1.56 bits per heavy atom. The second kappa shape index (κ2) is 6.29. The van der Waals surface area contributed by atoms with Gasteiger partial charge in [-0.1, -0.05) is 6.07 Å². The predicted octanol–water partition coefficient (Wildman–Crippen LogP) is 2.32. The van der Waals surface area contributed by atoms with Crippen molar-refractivity contribution in [1.29, 1.82) is 0 Å². The molecular formula is C13H16BrFN2O. The van der Waals surface area contributed by atoms with E-state index in [1.807, 2.05) is 0 Å². The molecule has 1 aromatic rings. The fraction of sp³-hybridized carbons (Fsp3) is 0.462. The van der Waals surface area contributed by atoms with Gasteiger partial charge in [0.25, 0.3) is 5.91 Å². The van der Waals surface area contributed by atoms with Crippen LogP contribution in [0.5, 0.6) is 0 Å². The van der Waals surface area contributed by atoms with Crippen molar-refractivity contribution in [2.45, 2.75) is 12.8 Å². The van der Waals surface area contributed by atoms with Gasteiger partial charge in [0.15, 0.2) is 0 Å². The Kier molecular flexibility index (Phi) is 4.72. The van der Waals surface area contributed by atoms with Crippen molar-refractivity contribution in [3.8, 4) is 0 Å². The average molecular weight is 315 g/mol. The molecule has 1 heterocycles. The first-order chi connectivity index (χ1) is 8.68. The molecule has 0 saturated carbocycles. The van der Waals surface area contributed by atoms with Crippen LogP contribution in [0.25, 0.3) is 0 Å². The van der Waals surface area contributed by atoms with E-state index in [1.54, 1.807) is 6.07 Å². The third kappa shape index (κ3) is 3.29. The van der Waals surface area contributed by atoms with Gasteiger partial charge in [0, 0.05) is 6.54 Å². The van der Waals surface area contributed by atoms with Crippen molar-refractivity contribution >= 4 is 21.8 Å². The molecule has 1 amide bonds. The normalized spacial score (nSPS) is 19.6. The van der Waals surface area contributed by atoms with E-state index in [0.29, 0.717) is 18.0 Å². The predicted molar refractivity (Wildman–Crippen MR) is 72.0 cm³/mol. The first-order valence-electron chi connectivity index (χ1n) is 6.11. The zero-order valence-electron chi connectivity index (χ0n) is 10.0. The van der Waals surface area contributed by atoms with Gasteiger partial charge in [-0.05, 0) is 59.9 Å². The zero-order valence-corrected chi connectivity index (χ0v) is 11.6. The molecule has 2 rings (SSSR count). The number of hydrogen-bond donors (Lipinski definition) is 2. The third-order valence-corrected chi connectivity index (χ3v) is 3.95. The fourth-order valence-electron chi connectivity index (χ4n) is 2.11. The number of carbonyl (C=O) groups is 1. The van der Waals surface area contributed by atoms with Crippen molar-refractivity contribution in [1.82, 2.24) is 10.6 Å². The van der Waals surface area contributed by atoms with Crippen LogP contribution in [-0.2, 0) is 0 Å². The third-order valence-electron chi connectivity index (χ3n) is 3.15. The summed E-state index contributed by atoms with van der Waals surface area (Å²) in [5.41, 5.74) is 0.346. The molecule has 0 aliphatic carbocycles. The van der Waals surface area contributed by atoms with Gasteiger partial charge in [-0.15, -0.1) is 0 Å². The van der Waals surface area contributed by atoms with Crippen LogP contribution in [0.4, 0.5) is 4.39 Å². The minimum Gasteiger partial charge on any atom is -0.352 e. The van der Waals surface area contributed by atoms with E-state index in [4.69, 9.17) is 0 Å². The smallest absolute Gasteiger partial charge is 0.252 e. The lowest BCUT2D eigenvalue weighted by Crippen LogP contribution is -2.38. The number of amides is 1. The SMILES string of the molecule is O=C(NCC1CCCNC1)c1cccc(F)c1Br. The largest absolute Gasteiger partial charge is 0.352 e. The molecule has 0 spiro atoms. The van der Waals surface area contributed by atoms with E-state index >= 15 is 0 Å². The van der Waals surface area contributed by atoms with Crippen LogP contribution in [0, 0.1) is 11.7 Å². The maximum absolute atomic E-state index is 13.3. The maximum Gasteiger partial charge on any atom is 0.252 e. The van der Waals surface area contributed by atoms with Crippen LogP contribution in [0.3, 0.4) is 0 Å².